The van der Waals surface area contributed by atoms with E-state index in [1.807, 2.05) is 30.5 Å². The van der Waals surface area contributed by atoms with Gasteiger partial charge in [0.05, 0.1) is 17.4 Å². The van der Waals surface area contributed by atoms with E-state index in [9.17, 15) is 0 Å². The lowest BCUT2D eigenvalue weighted by molar-refractivity contribution is 0.225. The molecule has 4 heterocycles. The van der Waals surface area contributed by atoms with Crippen molar-refractivity contribution in [1.82, 2.24) is 30.0 Å². The van der Waals surface area contributed by atoms with Crippen LogP contribution in [0.2, 0.25) is 0 Å². The highest BCUT2D eigenvalue weighted by Gasteiger charge is 2.30. The molecule has 7 heteroatoms. The fraction of sp³-hybridized carbons (Fsp3) is 0.263. The summed E-state index contributed by atoms with van der Waals surface area (Å²) in [6.07, 6.45) is 7.72. The normalized spacial score (nSPS) is 16.3. The number of imidazole rings is 1. The van der Waals surface area contributed by atoms with Crippen molar-refractivity contribution in [3.8, 4) is 11.4 Å². The van der Waals surface area contributed by atoms with Gasteiger partial charge < -0.3 is 9.51 Å². The second-order valence-corrected chi connectivity index (χ2v) is 6.52. The van der Waals surface area contributed by atoms with Crippen LogP contribution >= 0.6 is 0 Å². The van der Waals surface area contributed by atoms with E-state index < -0.39 is 0 Å². The molecule has 130 valence electrons. The molecule has 0 bridgehead atoms. The third-order valence-electron chi connectivity index (χ3n) is 4.86. The number of aromatic nitrogens is 5. The maximum atomic E-state index is 5.69. The topological polar surface area (TPSA) is 83.7 Å². The van der Waals surface area contributed by atoms with Crippen LogP contribution in [0.25, 0.3) is 22.4 Å². The molecule has 1 aromatic carbocycles. The summed E-state index contributed by atoms with van der Waals surface area (Å²) in [5.74, 6) is 1.20. The predicted octanol–water partition coefficient (Wildman–Crippen LogP) is 3.19. The first-order valence-electron chi connectivity index (χ1n) is 8.79. The first-order valence-corrected chi connectivity index (χ1v) is 8.79. The second kappa shape index (κ2) is 6.34. The number of rotatable bonds is 4. The van der Waals surface area contributed by atoms with Gasteiger partial charge in [0.2, 0.25) is 11.7 Å². The Morgan fingerprint density at radius 1 is 1.15 bits per heavy atom. The van der Waals surface area contributed by atoms with Crippen molar-refractivity contribution in [1.29, 1.82) is 0 Å². The molecular formula is C19H18N6O. The maximum Gasteiger partial charge on any atom is 0.248 e. The number of likely N-dealkylation sites (tertiary alicyclic amines) is 1. The number of aromatic amines is 1. The van der Waals surface area contributed by atoms with E-state index in [-0.39, 0.29) is 6.04 Å². The van der Waals surface area contributed by atoms with Gasteiger partial charge in [-0.1, -0.05) is 11.2 Å². The summed E-state index contributed by atoms with van der Waals surface area (Å²) in [5.41, 5.74) is 3.86. The van der Waals surface area contributed by atoms with Gasteiger partial charge >= 0.3 is 0 Å². The van der Waals surface area contributed by atoms with Crippen molar-refractivity contribution < 1.29 is 4.52 Å². The van der Waals surface area contributed by atoms with E-state index >= 15 is 0 Å². The van der Waals surface area contributed by atoms with E-state index in [2.05, 4.69) is 31.1 Å². The Labute approximate surface area is 150 Å². The summed E-state index contributed by atoms with van der Waals surface area (Å²) in [6, 6.07) is 9.87. The third kappa shape index (κ3) is 2.66. The van der Waals surface area contributed by atoms with Gasteiger partial charge in [-0.15, -0.1) is 0 Å². The number of hydrogen-bond acceptors (Lipinski definition) is 6. The zero-order valence-electron chi connectivity index (χ0n) is 14.2. The van der Waals surface area contributed by atoms with Gasteiger partial charge in [0.1, 0.15) is 6.04 Å². The van der Waals surface area contributed by atoms with Crippen LogP contribution in [0.1, 0.15) is 30.3 Å². The standard InChI is InChI=1S/C19H18N6O/c1-2-9-25(8-1)17(14-4-3-7-20-11-14)19-23-18(24-26-19)13-5-6-15-16(10-13)22-12-21-15/h3-7,10-12,17H,1-2,8-9H2,(H,21,22)/t17-/m0/s1. The molecule has 5 rings (SSSR count). The fourth-order valence-electron chi connectivity index (χ4n) is 3.59. The summed E-state index contributed by atoms with van der Waals surface area (Å²) in [4.78, 5) is 18.7. The molecule has 0 aliphatic carbocycles. The molecule has 0 saturated carbocycles. The maximum absolute atomic E-state index is 5.69. The molecule has 1 fully saturated rings. The van der Waals surface area contributed by atoms with E-state index in [1.54, 1.807) is 12.5 Å². The second-order valence-electron chi connectivity index (χ2n) is 6.52. The molecule has 0 amide bonds. The summed E-state index contributed by atoms with van der Waals surface area (Å²) < 4.78 is 5.69. The van der Waals surface area contributed by atoms with Crippen molar-refractivity contribution >= 4 is 11.0 Å². The highest BCUT2D eigenvalue weighted by molar-refractivity contribution is 5.79. The van der Waals surface area contributed by atoms with E-state index in [4.69, 9.17) is 9.51 Å². The number of pyridine rings is 1. The average Bonchev–Trinajstić information content (AvgIpc) is 3.44. The highest BCUT2D eigenvalue weighted by Crippen LogP contribution is 2.31. The van der Waals surface area contributed by atoms with Crippen LogP contribution in [0.5, 0.6) is 0 Å². The number of benzene rings is 1. The van der Waals surface area contributed by atoms with Gasteiger partial charge in [-0.05, 0) is 55.8 Å². The van der Waals surface area contributed by atoms with Gasteiger partial charge in [0.25, 0.3) is 0 Å². The summed E-state index contributed by atoms with van der Waals surface area (Å²) >= 11 is 0. The molecule has 1 saturated heterocycles. The van der Waals surface area contributed by atoms with Gasteiger partial charge in [-0.25, -0.2) is 4.98 Å². The Kier molecular flexibility index (Phi) is 3.71. The average molecular weight is 346 g/mol. The van der Waals surface area contributed by atoms with E-state index in [1.165, 1.54) is 12.8 Å². The van der Waals surface area contributed by atoms with Gasteiger partial charge in [0.15, 0.2) is 0 Å². The Morgan fingerprint density at radius 3 is 2.92 bits per heavy atom. The fourth-order valence-corrected chi connectivity index (χ4v) is 3.59. The number of hydrogen-bond donors (Lipinski definition) is 1. The van der Waals surface area contributed by atoms with Gasteiger partial charge in [0, 0.05) is 18.0 Å². The minimum Gasteiger partial charge on any atom is -0.345 e. The van der Waals surface area contributed by atoms with Gasteiger partial charge in [-0.2, -0.15) is 4.98 Å². The summed E-state index contributed by atoms with van der Waals surface area (Å²) in [6.45, 7) is 2.05. The van der Waals surface area contributed by atoms with Crippen molar-refractivity contribution in [3.05, 3.63) is 60.5 Å². The van der Waals surface area contributed by atoms with Crippen LogP contribution in [0.3, 0.4) is 0 Å². The molecule has 1 atom stereocenters. The van der Waals surface area contributed by atoms with Crippen molar-refractivity contribution in [2.45, 2.75) is 18.9 Å². The number of H-pyrrole nitrogens is 1. The molecule has 0 radical (unpaired) electrons. The lowest BCUT2D eigenvalue weighted by Crippen LogP contribution is -2.27. The first kappa shape index (κ1) is 15.2. The molecule has 4 aromatic rings. The molecule has 7 nitrogen and oxygen atoms in total. The number of nitrogens with one attached hydrogen (secondary N) is 1. The molecule has 3 aromatic heterocycles. The van der Waals surface area contributed by atoms with Crippen LogP contribution in [-0.4, -0.2) is 43.1 Å². The molecule has 1 N–H and O–H groups in total. The summed E-state index contributed by atoms with van der Waals surface area (Å²) in [5, 5.41) is 4.23. The Hall–Kier alpha value is -3.06. The lowest BCUT2D eigenvalue weighted by atomic mass is 10.1. The third-order valence-corrected chi connectivity index (χ3v) is 4.86. The van der Waals surface area contributed by atoms with Crippen LogP contribution in [0.4, 0.5) is 0 Å². The monoisotopic (exact) mass is 346 g/mol. The molecular weight excluding hydrogens is 328 g/mol. The molecule has 0 spiro atoms. The Morgan fingerprint density at radius 2 is 2.08 bits per heavy atom. The SMILES string of the molecule is c1cncc([C@@H](c2nc(-c3ccc4nc[nH]c4c3)no2)N2CCCC2)c1. The molecule has 26 heavy (non-hydrogen) atoms. The minimum atomic E-state index is -0.0525. The molecule has 1 aliphatic rings. The first-order chi connectivity index (χ1) is 12.9. The van der Waals surface area contributed by atoms with Crippen LogP contribution < -0.4 is 0 Å². The van der Waals surface area contributed by atoms with Gasteiger partial charge in [-0.3, -0.25) is 9.88 Å². The lowest BCUT2D eigenvalue weighted by Gasteiger charge is -2.24. The zero-order chi connectivity index (χ0) is 17.3. The molecule has 1 aliphatic heterocycles. The van der Waals surface area contributed by atoms with Crippen LogP contribution in [-0.2, 0) is 0 Å². The van der Waals surface area contributed by atoms with Crippen molar-refractivity contribution in [2.75, 3.05) is 13.1 Å². The number of fused-ring (bicyclic) bond motifs is 1. The Balaban J connectivity index is 1.53. The smallest absolute Gasteiger partial charge is 0.248 e. The van der Waals surface area contributed by atoms with Crippen molar-refractivity contribution in [3.63, 3.8) is 0 Å². The van der Waals surface area contributed by atoms with Crippen molar-refractivity contribution in [2.24, 2.45) is 0 Å². The van der Waals surface area contributed by atoms with Crippen LogP contribution in [0.15, 0.2) is 53.6 Å². The Bertz CT molecular complexity index is 1020. The van der Waals surface area contributed by atoms with E-state index in [0.717, 1.165) is 35.2 Å². The minimum absolute atomic E-state index is 0.0525. The summed E-state index contributed by atoms with van der Waals surface area (Å²) in [7, 11) is 0. The molecule has 0 unspecified atom stereocenters. The number of nitrogens with zero attached hydrogens (tertiary/aromatic N) is 5. The zero-order valence-corrected chi connectivity index (χ0v) is 14.2. The van der Waals surface area contributed by atoms with Crippen LogP contribution in [0, 0.1) is 0 Å². The predicted molar refractivity (Wildman–Crippen MR) is 96.3 cm³/mol. The highest BCUT2D eigenvalue weighted by atomic mass is 16.5. The quantitative estimate of drug-likeness (QED) is 0.611. The van der Waals surface area contributed by atoms with E-state index in [0.29, 0.717) is 11.7 Å². The largest absolute Gasteiger partial charge is 0.345 e.